The molecule has 116 valence electrons. The van der Waals surface area contributed by atoms with Crippen LogP contribution in [0.2, 0.25) is 0 Å². The fourth-order valence-electron chi connectivity index (χ4n) is 3.87. The third-order valence-corrected chi connectivity index (χ3v) is 4.98. The van der Waals surface area contributed by atoms with Gasteiger partial charge in [0.15, 0.2) is 0 Å². The summed E-state index contributed by atoms with van der Waals surface area (Å²) in [6.07, 6.45) is 12.4. The number of hydrogen-bond acceptors (Lipinski definition) is 2. The largest absolute Gasteiger partial charge is 0.393 e. The van der Waals surface area contributed by atoms with Crippen molar-refractivity contribution in [2.75, 3.05) is 6.54 Å². The van der Waals surface area contributed by atoms with E-state index < -0.39 is 0 Å². The van der Waals surface area contributed by atoms with Gasteiger partial charge in [-0.3, -0.25) is 4.79 Å². The van der Waals surface area contributed by atoms with Crippen molar-refractivity contribution >= 4 is 5.91 Å². The number of aliphatic hydroxyl groups excluding tert-OH is 1. The molecule has 1 N–H and O–H groups in total. The second-order valence-electron chi connectivity index (χ2n) is 6.81. The number of nitrogens with zero attached hydrogens (tertiary/aromatic N) is 1. The number of hydrogen-bond donors (Lipinski definition) is 1. The van der Waals surface area contributed by atoms with Crippen LogP contribution in [0.3, 0.4) is 0 Å². The maximum absolute atomic E-state index is 12.9. The number of rotatable bonds is 3. The highest BCUT2D eigenvalue weighted by Crippen LogP contribution is 2.28. The molecule has 20 heavy (non-hydrogen) atoms. The molecule has 1 aliphatic heterocycles. The molecule has 2 rings (SSSR count). The van der Waals surface area contributed by atoms with Crippen LogP contribution in [0.5, 0.6) is 0 Å². The summed E-state index contributed by atoms with van der Waals surface area (Å²) in [5.74, 6) is 0.641. The molecule has 1 amide bonds. The summed E-state index contributed by atoms with van der Waals surface area (Å²) in [6, 6.07) is 0.279. The van der Waals surface area contributed by atoms with Gasteiger partial charge >= 0.3 is 0 Å². The maximum Gasteiger partial charge on any atom is 0.225 e. The molecule has 3 nitrogen and oxygen atoms in total. The van der Waals surface area contributed by atoms with E-state index in [1.807, 2.05) is 6.92 Å². The van der Waals surface area contributed by atoms with Crippen LogP contribution in [0, 0.1) is 5.92 Å². The van der Waals surface area contributed by atoms with Crippen LogP contribution in [0.15, 0.2) is 0 Å². The van der Waals surface area contributed by atoms with Crippen molar-refractivity contribution in [1.82, 2.24) is 4.90 Å². The number of likely N-dealkylation sites (tertiary alicyclic amines) is 1. The monoisotopic (exact) mass is 281 g/mol. The lowest BCUT2D eigenvalue weighted by Gasteiger charge is -2.39. The zero-order valence-corrected chi connectivity index (χ0v) is 13.0. The van der Waals surface area contributed by atoms with Crippen LogP contribution in [0.25, 0.3) is 0 Å². The highest BCUT2D eigenvalue weighted by molar-refractivity contribution is 5.79. The van der Waals surface area contributed by atoms with Crippen molar-refractivity contribution in [2.24, 2.45) is 5.92 Å². The molecule has 2 aliphatic rings. The zero-order chi connectivity index (χ0) is 14.4. The van der Waals surface area contributed by atoms with E-state index in [1.165, 1.54) is 38.5 Å². The maximum atomic E-state index is 12.9. The van der Waals surface area contributed by atoms with Crippen molar-refractivity contribution in [1.29, 1.82) is 0 Å². The van der Waals surface area contributed by atoms with Gasteiger partial charge in [0.05, 0.1) is 6.10 Å². The summed E-state index contributed by atoms with van der Waals surface area (Å²) in [4.78, 5) is 15.0. The fourth-order valence-corrected chi connectivity index (χ4v) is 3.87. The number of carbonyl (C=O) groups is 1. The lowest BCUT2D eigenvalue weighted by molar-refractivity contribution is -0.140. The van der Waals surface area contributed by atoms with Gasteiger partial charge < -0.3 is 10.0 Å². The van der Waals surface area contributed by atoms with Crippen molar-refractivity contribution in [3.05, 3.63) is 0 Å². The topological polar surface area (TPSA) is 40.5 Å². The molecule has 1 saturated carbocycles. The molecular weight excluding hydrogens is 250 g/mol. The van der Waals surface area contributed by atoms with E-state index in [9.17, 15) is 9.90 Å². The van der Waals surface area contributed by atoms with Crippen LogP contribution in [0.4, 0.5) is 0 Å². The first kappa shape index (κ1) is 15.8. The van der Waals surface area contributed by atoms with Gasteiger partial charge in [0.1, 0.15) is 0 Å². The molecule has 1 saturated heterocycles. The van der Waals surface area contributed by atoms with Crippen molar-refractivity contribution < 1.29 is 9.90 Å². The summed E-state index contributed by atoms with van der Waals surface area (Å²) in [6.45, 7) is 2.75. The lowest BCUT2D eigenvalue weighted by atomic mass is 9.88. The van der Waals surface area contributed by atoms with Crippen molar-refractivity contribution in [3.63, 3.8) is 0 Å². The van der Waals surface area contributed by atoms with E-state index in [2.05, 4.69) is 4.90 Å². The molecule has 0 radical (unpaired) electrons. The minimum atomic E-state index is -0.300. The van der Waals surface area contributed by atoms with E-state index >= 15 is 0 Å². The first-order valence-electron chi connectivity index (χ1n) is 8.67. The summed E-state index contributed by atoms with van der Waals surface area (Å²) in [5, 5.41) is 9.66. The Bertz CT molecular complexity index is 295. The van der Waals surface area contributed by atoms with Crippen molar-refractivity contribution in [3.8, 4) is 0 Å². The predicted octanol–water partition coefficient (Wildman–Crippen LogP) is 3.50. The third-order valence-electron chi connectivity index (χ3n) is 4.98. The van der Waals surface area contributed by atoms with Gasteiger partial charge in [-0.2, -0.15) is 0 Å². The Hall–Kier alpha value is -0.570. The molecule has 0 spiro atoms. The molecule has 0 aromatic rings. The Labute approximate surface area is 123 Å². The number of carbonyl (C=O) groups excluding carboxylic acids is 1. The Kier molecular flexibility index (Phi) is 6.34. The number of amides is 1. The molecule has 0 aromatic carbocycles. The molecule has 0 aromatic heterocycles. The van der Waals surface area contributed by atoms with Gasteiger partial charge in [-0.15, -0.1) is 0 Å². The molecule has 2 fully saturated rings. The van der Waals surface area contributed by atoms with Gasteiger partial charge in [-0.1, -0.05) is 32.1 Å². The third kappa shape index (κ3) is 4.47. The van der Waals surface area contributed by atoms with Crippen LogP contribution in [0.1, 0.15) is 77.6 Å². The highest BCUT2D eigenvalue weighted by Gasteiger charge is 2.31. The predicted molar refractivity (Wildman–Crippen MR) is 81.5 cm³/mol. The molecule has 2 atom stereocenters. The average molecular weight is 281 g/mol. The van der Waals surface area contributed by atoms with Gasteiger partial charge in [0.25, 0.3) is 0 Å². The Morgan fingerprint density at radius 1 is 1.05 bits per heavy atom. The second kappa shape index (κ2) is 8.02. The van der Waals surface area contributed by atoms with Crippen LogP contribution >= 0.6 is 0 Å². The molecule has 0 bridgehead atoms. The van der Waals surface area contributed by atoms with Crippen LogP contribution in [-0.2, 0) is 4.79 Å². The Morgan fingerprint density at radius 2 is 1.65 bits per heavy atom. The van der Waals surface area contributed by atoms with E-state index in [-0.39, 0.29) is 18.1 Å². The standard InChI is InChI=1S/C17H31NO2/c1-14(19)13-16-11-7-8-12-18(16)17(20)15-9-5-3-2-4-6-10-15/h14-16,19H,2-13H2,1H3. The van der Waals surface area contributed by atoms with E-state index in [0.29, 0.717) is 5.91 Å². The van der Waals surface area contributed by atoms with Gasteiger partial charge in [-0.05, 0) is 45.4 Å². The zero-order valence-electron chi connectivity index (χ0n) is 13.0. The SMILES string of the molecule is CC(O)CC1CCCCN1C(=O)C1CCCCCCC1. The second-order valence-corrected chi connectivity index (χ2v) is 6.81. The molecule has 1 heterocycles. The normalized spacial score (nSPS) is 27.7. The first-order chi connectivity index (χ1) is 9.68. The minimum absolute atomic E-state index is 0.255. The summed E-state index contributed by atoms with van der Waals surface area (Å²) in [5.41, 5.74) is 0. The van der Waals surface area contributed by atoms with Crippen LogP contribution < -0.4 is 0 Å². The van der Waals surface area contributed by atoms with Crippen LogP contribution in [-0.4, -0.2) is 34.6 Å². The molecular formula is C17H31NO2. The summed E-state index contributed by atoms with van der Waals surface area (Å²) in [7, 11) is 0. The average Bonchev–Trinajstić information content (AvgIpc) is 2.37. The Morgan fingerprint density at radius 3 is 2.30 bits per heavy atom. The number of piperidine rings is 1. The first-order valence-corrected chi connectivity index (χ1v) is 8.67. The van der Waals surface area contributed by atoms with Gasteiger partial charge in [0.2, 0.25) is 5.91 Å². The molecule has 2 unspecified atom stereocenters. The fraction of sp³-hybridized carbons (Fsp3) is 0.941. The molecule has 1 aliphatic carbocycles. The quantitative estimate of drug-likeness (QED) is 0.860. The minimum Gasteiger partial charge on any atom is -0.393 e. The smallest absolute Gasteiger partial charge is 0.225 e. The molecule has 3 heteroatoms. The number of aliphatic hydroxyl groups is 1. The van der Waals surface area contributed by atoms with Gasteiger partial charge in [0, 0.05) is 18.5 Å². The van der Waals surface area contributed by atoms with E-state index in [0.717, 1.165) is 38.6 Å². The summed E-state index contributed by atoms with van der Waals surface area (Å²) < 4.78 is 0. The van der Waals surface area contributed by atoms with Crippen molar-refractivity contribution in [2.45, 2.75) is 89.7 Å². The highest BCUT2D eigenvalue weighted by atomic mass is 16.3. The Balaban J connectivity index is 1.96. The van der Waals surface area contributed by atoms with E-state index in [4.69, 9.17) is 0 Å². The van der Waals surface area contributed by atoms with E-state index in [1.54, 1.807) is 0 Å². The summed E-state index contributed by atoms with van der Waals surface area (Å²) >= 11 is 0. The lowest BCUT2D eigenvalue weighted by Crippen LogP contribution is -2.47. The van der Waals surface area contributed by atoms with Gasteiger partial charge in [-0.25, -0.2) is 0 Å².